The molecule has 0 aromatic heterocycles. The standard InChI is InChI=1S/C29H33Cl2N3O5S/c1-5-26(29(36)32-20(2)3)33(18-21-10-9-11-23(16-21)39-4)28(35)19-34(27-17-22(30)14-15-25(27)31)40(37,38)24-12-7-6-8-13-24/h6-17,20,26H,5,18-19H2,1-4H3,(H,32,36). The number of halogens is 2. The highest BCUT2D eigenvalue weighted by Gasteiger charge is 2.34. The lowest BCUT2D eigenvalue weighted by molar-refractivity contribution is -0.140. The van der Waals surface area contributed by atoms with Crippen LogP contribution in [-0.4, -0.2) is 50.9 Å². The Kier molecular flexibility index (Phi) is 10.8. The maximum absolute atomic E-state index is 14.1. The highest BCUT2D eigenvalue weighted by molar-refractivity contribution is 7.92. The van der Waals surface area contributed by atoms with Gasteiger partial charge in [-0.05, 0) is 68.3 Å². The SMILES string of the molecule is CCC(C(=O)NC(C)C)N(Cc1cccc(OC)c1)C(=O)CN(c1cc(Cl)ccc1Cl)S(=O)(=O)c1ccccc1. The minimum atomic E-state index is -4.25. The van der Waals surface area contributed by atoms with Crippen molar-refractivity contribution in [3.05, 3.63) is 88.4 Å². The van der Waals surface area contributed by atoms with Crippen LogP contribution in [0.1, 0.15) is 32.8 Å². The number of amides is 2. The van der Waals surface area contributed by atoms with Crippen molar-refractivity contribution in [2.45, 2.75) is 50.7 Å². The number of anilines is 1. The molecule has 0 bridgehead atoms. The average molecular weight is 607 g/mol. The molecule has 0 saturated heterocycles. The second-order valence-electron chi connectivity index (χ2n) is 9.38. The molecule has 0 saturated carbocycles. The third-order valence-electron chi connectivity index (χ3n) is 6.09. The molecule has 8 nitrogen and oxygen atoms in total. The smallest absolute Gasteiger partial charge is 0.264 e. The van der Waals surface area contributed by atoms with Crippen LogP contribution in [-0.2, 0) is 26.2 Å². The van der Waals surface area contributed by atoms with Gasteiger partial charge in [0.25, 0.3) is 10.0 Å². The molecule has 0 aliphatic rings. The first-order valence-electron chi connectivity index (χ1n) is 12.7. The molecule has 0 aliphatic heterocycles. The van der Waals surface area contributed by atoms with Crippen LogP contribution in [0.2, 0.25) is 10.0 Å². The fourth-order valence-electron chi connectivity index (χ4n) is 4.18. The van der Waals surface area contributed by atoms with Crippen molar-refractivity contribution in [2.75, 3.05) is 18.0 Å². The Morgan fingerprint density at radius 3 is 2.30 bits per heavy atom. The minimum absolute atomic E-state index is 0.0252. The zero-order chi connectivity index (χ0) is 29.4. The van der Waals surface area contributed by atoms with Crippen molar-refractivity contribution in [3.63, 3.8) is 0 Å². The molecule has 0 aliphatic carbocycles. The second kappa shape index (κ2) is 13.9. The zero-order valence-corrected chi connectivity index (χ0v) is 25.1. The van der Waals surface area contributed by atoms with Crippen LogP contribution in [0.4, 0.5) is 5.69 Å². The minimum Gasteiger partial charge on any atom is -0.497 e. The van der Waals surface area contributed by atoms with Crippen LogP contribution < -0.4 is 14.4 Å². The van der Waals surface area contributed by atoms with Gasteiger partial charge in [0.2, 0.25) is 11.8 Å². The lowest BCUT2D eigenvalue weighted by Gasteiger charge is -2.33. The van der Waals surface area contributed by atoms with E-state index in [1.165, 1.54) is 42.3 Å². The summed E-state index contributed by atoms with van der Waals surface area (Å²) in [6.45, 7) is 4.88. The van der Waals surface area contributed by atoms with E-state index in [1.807, 2.05) is 19.9 Å². The molecule has 0 fully saturated rings. The van der Waals surface area contributed by atoms with Crippen LogP contribution in [0.3, 0.4) is 0 Å². The summed E-state index contributed by atoms with van der Waals surface area (Å²) in [6, 6.07) is 18.2. The van der Waals surface area contributed by atoms with Crippen LogP contribution in [0.25, 0.3) is 0 Å². The fraction of sp³-hybridized carbons (Fsp3) is 0.310. The molecular formula is C29H33Cl2N3O5S. The predicted octanol–water partition coefficient (Wildman–Crippen LogP) is 5.53. The Balaban J connectivity index is 2.10. The van der Waals surface area contributed by atoms with Gasteiger partial charge in [-0.3, -0.25) is 13.9 Å². The summed E-state index contributed by atoms with van der Waals surface area (Å²) in [4.78, 5) is 28.7. The molecule has 214 valence electrons. The first-order chi connectivity index (χ1) is 19.0. The number of benzene rings is 3. The zero-order valence-electron chi connectivity index (χ0n) is 22.8. The number of methoxy groups -OCH3 is 1. The van der Waals surface area contributed by atoms with Crippen LogP contribution in [0.5, 0.6) is 5.75 Å². The Morgan fingerprint density at radius 1 is 0.975 bits per heavy atom. The van der Waals surface area contributed by atoms with Gasteiger partial charge >= 0.3 is 0 Å². The predicted molar refractivity (Wildman–Crippen MR) is 158 cm³/mol. The molecule has 1 atom stereocenters. The van der Waals surface area contributed by atoms with E-state index in [4.69, 9.17) is 27.9 Å². The molecule has 11 heteroatoms. The number of hydrogen-bond donors (Lipinski definition) is 1. The van der Waals surface area contributed by atoms with Gasteiger partial charge in [-0.25, -0.2) is 8.42 Å². The molecule has 0 radical (unpaired) electrons. The number of hydrogen-bond acceptors (Lipinski definition) is 5. The number of sulfonamides is 1. The Labute approximate surface area is 245 Å². The number of ether oxygens (including phenoxy) is 1. The molecule has 0 spiro atoms. The van der Waals surface area contributed by atoms with E-state index >= 15 is 0 Å². The molecular weight excluding hydrogens is 573 g/mol. The fourth-order valence-corrected chi connectivity index (χ4v) is 6.06. The highest BCUT2D eigenvalue weighted by Crippen LogP contribution is 2.33. The van der Waals surface area contributed by atoms with Crippen molar-refractivity contribution >= 4 is 50.7 Å². The van der Waals surface area contributed by atoms with E-state index in [0.29, 0.717) is 17.7 Å². The topological polar surface area (TPSA) is 96.0 Å². The summed E-state index contributed by atoms with van der Waals surface area (Å²) in [5.41, 5.74) is 0.758. The van der Waals surface area contributed by atoms with E-state index in [9.17, 15) is 18.0 Å². The molecule has 1 N–H and O–H groups in total. The molecule has 40 heavy (non-hydrogen) atoms. The third kappa shape index (κ3) is 7.68. The van der Waals surface area contributed by atoms with Gasteiger partial charge in [0.1, 0.15) is 18.3 Å². The van der Waals surface area contributed by atoms with E-state index in [-0.39, 0.29) is 39.1 Å². The van der Waals surface area contributed by atoms with Gasteiger partial charge < -0.3 is 15.0 Å². The second-order valence-corrected chi connectivity index (χ2v) is 12.1. The molecule has 2 amide bonds. The Bertz CT molecular complexity index is 1430. The van der Waals surface area contributed by atoms with Crippen molar-refractivity contribution in [1.29, 1.82) is 0 Å². The van der Waals surface area contributed by atoms with Gasteiger partial charge in [-0.1, -0.05) is 60.5 Å². The number of nitrogens with zero attached hydrogens (tertiary/aromatic N) is 2. The van der Waals surface area contributed by atoms with E-state index in [2.05, 4.69) is 5.32 Å². The summed E-state index contributed by atoms with van der Waals surface area (Å²) >= 11 is 12.7. The normalized spacial score (nSPS) is 12.1. The maximum atomic E-state index is 14.1. The molecule has 1 unspecified atom stereocenters. The van der Waals surface area contributed by atoms with Gasteiger partial charge in [0, 0.05) is 17.6 Å². The van der Waals surface area contributed by atoms with Crippen molar-refractivity contribution in [1.82, 2.24) is 10.2 Å². The maximum Gasteiger partial charge on any atom is 0.264 e. The lowest BCUT2D eigenvalue weighted by atomic mass is 10.1. The van der Waals surface area contributed by atoms with E-state index in [0.717, 1.165) is 4.31 Å². The Hall–Kier alpha value is -3.27. The van der Waals surface area contributed by atoms with Gasteiger partial charge in [0.15, 0.2) is 0 Å². The van der Waals surface area contributed by atoms with E-state index < -0.39 is 28.5 Å². The largest absolute Gasteiger partial charge is 0.497 e. The van der Waals surface area contributed by atoms with Gasteiger partial charge in [-0.15, -0.1) is 0 Å². The van der Waals surface area contributed by atoms with Crippen molar-refractivity contribution < 1.29 is 22.7 Å². The van der Waals surface area contributed by atoms with Crippen molar-refractivity contribution in [3.8, 4) is 5.75 Å². The number of carbonyl (C=O) groups excluding carboxylic acids is 2. The molecule has 3 aromatic rings. The highest BCUT2D eigenvalue weighted by atomic mass is 35.5. The summed E-state index contributed by atoms with van der Waals surface area (Å²) in [7, 11) is -2.72. The van der Waals surface area contributed by atoms with E-state index in [1.54, 1.807) is 43.3 Å². The molecule has 3 rings (SSSR count). The monoisotopic (exact) mass is 605 g/mol. The summed E-state index contributed by atoms with van der Waals surface area (Å²) in [5.74, 6) is -0.348. The van der Waals surface area contributed by atoms with Crippen LogP contribution in [0, 0.1) is 0 Å². The summed E-state index contributed by atoms with van der Waals surface area (Å²) in [6.07, 6.45) is 0.303. The lowest BCUT2D eigenvalue weighted by Crippen LogP contribution is -2.53. The molecule has 0 heterocycles. The number of carbonyl (C=O) groups is 2. The summed E-state index contributed by atoms with van der Waals surface area (Å²) in [5, 5.41) is 3.21. The number of nitrogens with one attached hydrogen (secondary N) is 1. The average Bonchev–Trinajstić information content (AvgIpc) is 2.93. The van der Waals surface area contributed by atoms with Crippen molar-refractivity contribution in [2.24, 2.45) is 0 Å². The van der Waals surface area contributed by atoms with Gasteiger partial charge in [-0.2, -0.15) is 0 Å². The van der Waals surface area contributed by atoms with Gasteiger partial charge in [0.05, 0.1) is 22.7 Å². The van der Waals surface area contributed by atoms with Crippen LogP contribution in [0.15, 0.2) is 77.7 Å². The van der Waals surface area contributed by atoms with Crippen LogP contribution >= 0.6 is 23.2 Å². The summed E-state index contributed by atoms with van der Waals surface area (Å²) < 4.78 is 34.0. The Morgan fingerprint density at radius 2 is 1.68 bits per heavy atom. The third-order valence-corrected chi connectivity index (χ3v) is 8.42. The first kappa shape index (κ1) is 31.3. The number of rotatable bonds is 12. The molecule has 3 aromatic carbocycles. The first-order valence-corrected chi connectivity index (χ1v) is 14.9. The quantitative estimate of drug-likeness (QED) is 0.293.